The highest BCUT2D eigenvalue weighted by Gasteiger charge is 2.14. The number of carbonyl (C=O) groups is 1. The second kappa shape index (κ2) is 6.70. The molecule has 0 radical (unpaired) electrons. The van der Waals surface area contributed by atoms with Gasteiger partial charge in [-0.2, -0.15) is 5.10 Å². The maximum absolute atomic E-state index is 12.5. The largest absolute Gasteiger partial charge is 0.358 e. The van der Waals surface area contributed by atoms with Crippen molar-refractivity contribution in [1.82, 2.24) is 25.1 Å². The Bertz CT molecular complexity index is 921. The highest BCUT2D eigenvalue weighted by molar-refractivity contribution is 5.99. The third-order valence-electron chi connectivity index (χ3n) is 4.66. The van der Waals surface area contributed by atoms with Crippen molar-refractivity contribution in [2.45, 2.75) is 47.1 Å². The minimum absolute atomic E-state index is 0.0505. The Morgan fingerprint density at radius 1 is 1.32 bits per heavy atom. The first-order chi connectivity index (χ1) is 11.9. The highest BCUT2D eigenvalue weighted by atomic mass is 16.1. The third-order valence-corrected chi connectivity index (χ3v) is 4.66. The minimum Gasteiger partial charge on any atom is -0.358 e. The molecule has 2 aromatic heterocycles. The molecule has 0 unspecified atom stereocenters. The Morgan fingerprint density at radius 2 is 2.08 bits per heavy atom. The first-order valence-electron chi connectivity index (χ1n) is 8.69. The average molecular weight is 339 g/mol. The van der Waals surface area contributed by atoms with Crippen molar-refractivity contribution in [2.24, 2.45) is 0 Å². The first-order valence-corrected chi connectivity index (χ1v) is 8.69. The van der Waals surface area contributed by atoms with Crippen LogP contribution in [0.2, 0.25) is 0 Å². The van der Waals surface area contributed by atoms with Crippen LogP contribution in [0.1, 0.15) is 53.2 Å². The molecule has 0 aliphatic carbocycles. The van der Waals surface area contributed by atoms with E-state index in [9.17, 15) is 4.79 Å². The fourth-order valence-electron chi connectivity index (χ4n) is 3.26. The molecule has 6 heteroatoms. The fourth-order valence-corrected chi connectivity index (χ4v) is 3.26. The van der Waals surface area contributed by atoms with Crippen LogP contribution in [0.3, 0.4) is 0 Å². The van der Waals surface area contributed by atoms with Crippen LogP contribution in [0, 0.1) is 20.8 Å². The molecule has 1 amide bonds. The standard InChI is InChI=1S/C19H25N5O/c1-6-17-12(3)16-9-15(7-8-18(16)22-17)19(25)20-10-11(2)24-14(5)21-13(4)23-24/h7-9,11,22H,6,10H2,1-5H3,(H,20,25)/t11-/m1/s1. The SMILES string of the molecule is CCc1[nH]c2ccc(C(=O)NC[C@@H](C)n3nc(C)nc3C)cc2c1C. The molecule has 0 saturated heterocycles. The van der Waals surface area contributed by atoms with E-state index in [-0.39, 0.29) is 11.9 Å². The van der Waals surface area contributed by atoms with Gasteiger partial charge in [-0.15, -0.1) is 0 Å². The molecule has 2 heterocycles. The Kier molecular flexibility index (Phi) is 4.61. The Morgan fingerprint density at radius 3 is 2.72 bits per heavy atom. The fraction of sp³-hybridized carbons (Fsp3) is 0.421. The molecule has 2 N–H and O–H groups in total. The van der Waals surface area contributed by atoms with Gasteiger partial charge in [-0.1, -0.05) is 6.92 Å². The number of nitrogens with zero attached hydrogens (tertiary/aromatic N) is 3. The highest BCUT2D eigenvalue weighted by Crippen LogP contribution is 2.23. The van der Waals surface area contributed by atoms with E-state index in [2.05, 4.69) is 34.2 Å². The molecule has 0 saturated carbocycles. The Hall–Kier alpha value is -2.63. The smallest absolute Gasteiger partial charge is 0.251 e. The van der Waals surface area contributed by atoms with Crippen molar-refractivity contribution in [1.29, 1.82) is 0 Å². The summed E-state index contributed by atoms with van der Waals surface area (Å²) in [6.45, 7) is 10.5. The number of hydrogen-bond acceptors (Lipinski definition) is 3. The number of benzene rings is 1. The topological polar surface area (TPSA) is 75.6 Å². The monoisotopic (exact) mass is 339 g/mol. The summed E-state index contributed by atoms with van der Waals surface area (Å²) >= 11 is 0. The van der Waals surface area contributed by atoms with Crippen molar-refractivity contribution >= 4 is 16.8 Å². The van der Waals surface area contributed by atoms with Crippen molar-refractivity contribution in [3.63, 3.8) is 0 Å². The lowest BCUT2D eigenvalue weighted by atomic mass is 10.1. The summed E-state index contributed by atoms with van der Waals surface area (Å²) in [5, 5.41) is 8.49. The molecule has 0 spiro atoms. The number of carbonyl (C=O) groups excluding carboxylic acids is 1. The number of rotatable bonds is 5. The lowest BCUT2D eigenvalue weighted by Gasteiger charge is -2.14. The maximum atomic E-state index is 12.5. The second-order valence-corrected chi connectivity index (χ2v) is 6.55. The molecule has 3 rings (SSSR count). The van der Waals surface area contributed by atoms with Gasteiger partial charge in [0.15, 0.2) is 0 Å². The number of fused-ring (bicyclic) bond motifs is 1. The predicted molar refractivity (Wildman–Crippen MR) is 99.0 cm³/mol. The van der Waals surface area contributed by atoms with E-state index >= 15 is 0 Å². The van der Waals surface area contributed by atoms with Gasteiger partial charge in [0, 0.05) is 28.7 Å². The van der Waals surface area contributed by atoms with Gasteiger partial charge in [0.1, 0.15) is 11.6 Å². The van der Waals surface area contributed by atoms with Gasteiger partial charge >= 0.3 is 0 Å². The second-order valence-electron chi connectivity index (χ2n) is 6.55. The van der Waals surface area contributed by atoms with Crippen LogP contribution in [0.5, 0.6) is 0 Å². The quantitative estimate of drug-likeness (QED) is 0.749. The molecule has 0 bridgehead atoms. The zero-order chi connectivity index (χ0) is 18.1. The lowest BCUT2D eigenvalue weighted by Crippen LogP contribution is -2.30. The van der Waals surface area contributed by atoms with E-state index in [1.165, 1.54) is 11.3 Å². The number of hydrogen-bond donors (Lipinski definition) is 2. The van der Waals surface area contributed by atoms with E-state index in [0.29, 0.717) is 12.1 Å². The van der Waals surface area contributed by atoms with Crippen LogP contribution >= 0.6 is 0 Å². The average Bonchev–Trinajstić information content (AvgIpc) is 3.10. The molecule has 25 heavy (non-hydrogen) atoms. The molecule has 1 aromatic carbocycles. The number of nitrogens with one attached hydrogen (secondary N) is 2. The van der Waals surface area contributed by atoms with Gasteiger partial charge in [0.25, 0.3) is 5.91 Å². The molecular weight excluding hydrogens is 314 g/mol. The number of aromatic nitrogens is 4. The molecule has 6 nitrogen and oxygen atoms in total. The van der Waals surface area contributed by atoms with Crippen LogP contribution in [-0.4, -0.2) is 32.2 Å². The summed E-state index contributed by atoms with van der Waals surface area (Å²) in [5.41, 5.74) is 4.19. The summed E-state index contributed by atoms with van der Waals surface area (Å²) in [7, 11) is 0. The van der Waals surface area contributed by atoms with Crippen LogP contribution in [0.25, 0.3) is 10.9 Å². The van der Waals surface area contributed by atoms with Crippen molar-refractivity contribution < 1.29 is 4.79 Å². The van der Waals surface area contributed by atoms with Crippen molar-refractivity contribution in [2.75, 3.05) is 6.54 Å². The summed E-state index contributed by atoms with van der Waals surface area (Å²) in [6, 6.07) is 5.85. The molecule has 0 fully saturated rings. The van der Waals surface area contributed by atoms with Crippen molar-refractivity contribution in [3.8, 4) is 0 Å². The molecule has 0 aliphatic rings. The normalized spacial score (nSPS) is 12.5. The number of aryl methyl sites for hydroxylation is 4. The summed E-state index contributed by atoms with van der Waals surface area (Å²) in [4.78, 5) is 20.3. The summed E-state index contributed by atoms with van der Waals surface area (Å²) in [6.07, 6.45) is 0.955. The Balaban J connectivity index is 1.74. The van der Waals surface area contributed by atoms with E-state index < -0.39 is 0 Å². The van der Waals surface area contributed by atoms with Gasteiger partial charge in [-0.05, 0) is 57.9 Å². The maximum Gasteiger partial charge on any atom is 0.251 e. The molecular formula is C19H25N5O. The summed E-state index contributed by atoms with van der Waals surface area (Å²) < 4.78 is 1.85. The van der Waals surface area contributed by atoms with Crippen LogP contribution in [0.15, 0.2) is 18.2 Å². The van der Waals surface area contributed by atoms with E-state index in [0.717, 1.165) is 29.0 Å². The van der Waals surface area contributed by atoms with Crippen molar-refractivity contribution in [3.05, 3.63) is 46.7 Å². The zero-order valence-corrected chi connectivity index (χ0v) is 15.5. The van der Waals surface area contributed by atoms with E-state index in [4.69, 9.17) is 0 Å². The van der Waals surface area contributed by atoms with Gasteiger partial charge < -0.3 is 10.3 Å². The number of amides is 1. The number of H-pyrrole nitrogens is 1. The molecule has 3 aromatic rings. The molecule has 132 valence electrons. The van der Waals surface area contributed by atoms with E-state index in [1.807, 2.05) is 43.7 Å². The summed E-state index contributed by atoms with van der Waals surface area (Å²) in [5.74, 6) is 1.54. The van der Waals surface area contributed by atoms with Crippen LogP contribution in [-0.2, 0) is 6.42 Å². The zero-order valence-electron chi connectivity index (χ0n) is 15.5. The van der Waals surface area contributed by atoms with Gasteiger partial charge in [-0.25, -0.2) is 9.67 Å². The predicted octanol–water partition coefficient (Wildman–Crippen LogP) is 3.24. The van der Waals surface area contributed by atoms with Crippen LogP contribution in [0.4, 0.5) is 0 Å². The van der Waals surface area contributed by atoms with Gasteiger partial charge in [-0.3, -0.25) is 4.79 Å². The minimum atomic E-state index is -0.0677. The lowest BCUT2D eigenvalue weighted by molar-refractivity contribution is 0.0948. The van der Waals surface area contributed by atoms with Gasteiger partial charge in [0.05, 0.1) is 6.04 Å². The number of aromatic amines is 1. The first kappa shape index (κ1) is 17.2. The Labute approximate surface area is 147 Å². The third kappa shape index (κ3) is 3.29. The molecule has 1 atom stereocenters. The van der Waals surface area contributed by atoms with E-state index in [1.54, 1.807) is 0 Å². The van der Waals surface area contributed by atoms with Gasteiger partial charge in [0.2, 0.25) is 0 Å². The molecule has 0 aliphatic heterocycles. The van der Waals surface area contributed by atoms with Crippen LogP contribution < -0.4 is 5.32 Å².